The molecule has 1 aromatic carbocycles. The van der Waals surface area contributed by atoms with E-state index in [0.29, 0.717) is 6.54 Å². The number of methoxy groups -OCH3 is 1. The predicted molar refractivity (Wildman–Crippen MR) is 118 cm³/mol. The van der Waals surface area contributed by atoms with Crippen LogP contribution in [-0.2, 0) is 16.0 Å². The first-order chi connectivity index (χ1) is 12.2. The lowest BCUT2D eigenvalue weighted by atomic mass is 9.94. The van der Waals surface area contributed by atoms with Gasteiger partial charge in [0.1, 0.15) is 0 Å². The Hall–Kier alpha value is -0.860. The minimum Gasteiger partial charge on any atom is -0.381 e. The van der Waals surface area contributed by atoms with Crippen molar-refractivity contribution in [1.29, 1.82) is 0 Å². The summed E-state index contributed by atoms with van der Waals surface area (Å²) >= 11 is 0. The van der Waals surface area contributed by atoms with Gasteiger partial charge >= 0.3 is 0 Å². The molecule has 1 saturated heterocycles. The maximum Gasteiger partial charge on any atom is 0.191 e. The Bertz CT molecular complexity index is 528. The zero-order chi connectivity index (χ0) is 18.0. The van der Waals surface area contributed by atoms with Gasteiger partial charge in [0.25, 0.3) is 0 Å². The number of benzene rings is 1. The average molecular weight is 475 g/mol. The molecule has 0 aromatic heterocycles. The second-order valence-corrected chi connectivity index (χ2v) is 6.78. The highest BCUT2D eigenvalue weighted by atomic mass is 127. The smallest absolute Gasteiger partial charge is 0.191 e. The van der Waals surface area contributed by atoms with Gasteiger partial charge in [-0.3, -0.25) is 0 Å². The third-order valence-electron chi connectivity index (χ3n) is 4.78. The number of guanidine groups is 1. The van der Waals surface area contributed by atoms with Crippen LogP contribution in [0.5, 0.6) is 0 Å². The maximum absolute atomic E-state index is 5.81. The van der Waals surface area contributed by atoms with E-state index in [1.54, 1.807) is 7.11 Å². The van der Waals surface area contributed by atoms with Crippen LogP contribution in [0.2, 0.25) is 0 Å². The van der Waals surface area contributed by atoms with Crippen LogP contribution in [0.4, 0.5) is 0 Å². The van der Waals surface area contributed by atoms with E-state index < -0.39 is 0 Å². The fourth-order valence-electron chi connectivity index (χ4n) is 2.86. The van der Waals surface area contributed by atoms with Crippen molar-refractivity contribution in [3.63, 3.8) is 0 Å². The van der Waals surface area contributed by atoms with Gasteiger partial charge in [-0.25, -0.2) is 4.99 Å². The van der Waals surface area contributed by atoms with Crippen molar-refractivity contribution in [1.82, 2.24) is 10.6 Å². The van der Waals surface area contributed by atoms with E-state index in [1.165, 1.54) is 11.1 Å². The van der Waals surface area contributed by atoms with Crippen molar-refractivity contribution in [2.24, 2.45) is 4.99 Å². The molecule has 1 heterocycles. The molecular formula is C20H34IN3O2. The average Bonchev–Trinajstić information content (AvgIpc) is 2.65. The molecule has 2 rings (SSSR count). The number of aryl methyl sites for hydroxylation is 1. The summed E-state index contributed by atoms with van der Waals surface area (Å²) in [5.74, 6) is 0.858. The Morgan fingerprint density at radius 3 is 2.50 bits per heavy atom. The minimum atomic E-state index is -0.157. The molecule has 26 heavy (non-hydrogen) atoms. The predicted octanol–water partition coefficient (Wildman–Crippen LogP) is 3.64. The molecule has 2 N–H and O–H groups in total. The number of unbranched alkanes of at least 4 members (excludes halogenated alkanes) is 1. The number of hydrogen-bond donors (Lipinski definition) is 2. The van der Waals surface area contributed by atoms with E-state index in [4.69, 9.17) is 14.5 Å². The zero-order valence-electron chi connectivity index (χ0n) is 16.3. The molecule has 0 atom stereocenters. The van der Waals surface area contributed by atoms with Gasteiger partial charge in [0.05, 0.1) is 12.1 Å². The van der Waals surface area contributed by atoms with Crippen molar-refractivity contribution in [2.75, 3.05) is 33.4 Å². The highest BCUT2D eigenvalue weighted by Crippen LogP contribution is 2.23. The second-order valence-electron chi connectivity index (χ2n) is 6.78. The molecule has 0 saturated carbocycles. The summed E-state index contributed by atoms with van der Waals surface area (Å²) in [6, 6.07) is 8.53. The molecule has 0 aliphatic carbocycles. The van der Waals surface area contributed by atoms with E-state index in [0.717, 1.165) is 57.9 Å². The van der Waals surface area contributed by atoms with Crippen molar-refractivity contribution in [2.45, 2.75) is 51.7 Å². The monoisotopic (exact) mass is 475 g/mol. The fraction of sp³-hybridized carbons (Fsp3) is 0.650. The standard InChI is InChI=1S/C20H33N3O2.HI/c1-4-5-12-21-19(22-15-18-8-6-17(2)7-9-18)23-16-20(24-3)10-13-25-14-11-20;/h6-9H,4-5,10-16H2,1-3H3,(H2,21,22,23);1H. The number of nitrogens with zero attached hydrogens (tertiary/aromatic N) is 1. The van der Waals surface area contributed by atoms with Gasteiger partial charge in [0.15, 0.2) is 5.96 Å². The van der Waals surface area contributed by atoms with Gasteiger partial charge in [-0.1, -0.05) is 43.2 Å². The van der Waals surface area contributed by atoms with Crippen LogP contribution in [0.25, 0.3) is 0 Å². The molecule has 5 nitrogen and oxygen atoms in total. The number of halogens is 1. The van der Waals surface area contributed by atoms with Gasteiger partial charge in [0, 0.05) is 46.3 Å². The highest BCUT2D eigenvalue weighted by Gasteiger charge is 2.32. The third-order valence-corrected chi connectivity index (χ3v) is 4.78. The second kappa shape index (κ2) is 12.5. The molecule has 0 amide bonds. The molecule has 1 fully saturated rings. The molecule has 6 heteroatoms. The summed E-state index contributed by atoms with van der Waals surface area (Å²) in [7, 11) is 1.79. The Kier molecular flexibility index (Phi) is 11.2. The molecular weight excluding hydrogens is 441 g/mol. The van der Waals surface area contributed by atoms with Crippen LogP contribution in [-0.4, -0.2) is 45.0 Å². The van der Waals surface area contributed by atoms with Crippen LogP contribution < -0.4 is 10.6 Å². The largest absolute Gasteiger partial charge is 0.381 e. The Labute approximate surface area is 175 Å². The number of aliphatic imine (C=N–C) groups is 1. The zero-order valence-corrected chi connectivity index (χ0v) is 18.7. The highest BCUT2D eigenvalue weighted by molar-refractivity contribution is 14.0. The molecule has 1 aromatic rings. The number of rotatable bonds is 8. The molecule has 0 bridgehead atoms. The summed E-state index contributed by atoms with van der Waals surface area (Å²) in [6.45, 7) is 8.16. The van der Waals surface area contributed by atoms with Crippen molar-refractivity contribution in [3.8, 4) is 0 Å². The van der Waals surface area contributed by atoms with Gasteiger partial charge < -0.3 is 20.1 Å². The summed E-state index contributed by atoms with van der Waals surface area (Å²) in [4.78, 5) is 4.75. The van der Waals surface area contributed by atoms with E-state index in [-0.39, 0.29) is 29.6 Å². The van der Waals surface area contributed by atoms with Crippen molar-refractivity contribution in [3.05, 3.63) is 35.4 Å². The third kappa shape index (κ3) is 7.80. The normalized spacial score (nSPS) is 16.7. The molecule has 0 spiro atoms. The topological polar surface area (TPSA) is 54.9 Å². The Morgan fingerprint density at radius 1 is 1.19 bits per heavy atom. The lowest BCUT2D eigenvalue weighted by molar-refractivity contribution is -0.0855. The number of ether oxygens (including phenoxy) is 2. The van der Waals surface area contributed by atoms with Crippen LogP contribution in [0.3, 0.4) is 0 Å². The molecule has 0 radical (unpaired) electrons. The summed E-state index contributed by atoms with van der Waals surface area (Å²) < 4.78 is 11.3. The summed E-state index contributed by atoms with van der Waals surface area (Å²) in [5, 5.41) is 6.92. The van der Waals surface area contributed by atoms with Gasteiger partial charge in [-0.05, 0) is 18.9 Å². The fourth-order valence-corrected chi connectivity index (χ4v) is 2.86. The summed E-state index contributed by atoms with van der Waals surface area (Å²) in [6.07, 6.45) is 4.12. The van der Waals surface area contributed by atoms with Crippen molar-refractivity contribution >= 4 is 29.9 Å². The Morgan fingerprint density at radius 2 is 1.88 bits per heavy atom. The maximum atomic E-state index is 5.81. The van der Waals surface area contributed by atoms with Crippen LogP contribution in [0.15, 0.2) is 29.3 Å². The first-order valence-corrected chi connectivity index (χ1v) is 9.38. The van der Waals surface area contributed by atoms with Crippen molar-refractivity contribution < 1.29 is 9.47 Å². The Balaban J connectivity index is 0.00000338. The number of nitrogens with one attached hydrogen (secondary N) is 2. The van der Waals surface area contributed by atoms with E-state index in [2.05, 4.69) is 48.7 Å². The molecule has 1 aliphatic heterocycles. The van der Waals surface area contributed by atoms with E-state index in [9.17, 15) is 0 Å². The van der Waals surface area contributed by atoms with Gasteiger partial charge in [0.2, 0.25) is 0 Å². The quantitative estimate of drug-likeness (QED) is 0.261. The molecule has 1 aliphatic rings. The first-order valence-electron chi connectivity index (χ1n) is 9.38. The van der Waals surface area contributed by atoms with Gasteiger partial charge in [-0.2, -0.15) is 0 Å². The van der Waals surface area contributed by atoms with Crippen LogP contribution >= 0.6 is 24.0 Å². The molecule has 0 unspecified atom stereocenters. The lowest BCUT2D eigenvalue weighted by Gasteiger charge is -2.36. The van der Waals surface area contributed by atoms with Crippen LogP contribution in [0.1, 0.15) is 43.7 Å². The molecule has 148 valence electrons. The van der Waals surface area contributed by atoms with E-state index >= 15 is 0 Å². The SMILES string of the molecule is CCCCNC(=NCc1ccc(C)cc1)NCC1(OC)CCOCC1.I. The lowest BCUT2D eigenvalue weighted by Crippen LogP contribution is -2.50. The first kappa shape index (κ1) is 23.2. The number of hydrogen-bond acceptors (Lipinski definition) is 3. The van der Waals surface area contributed by atoms with Gasteiger partial charge in [-0.15, -0.1) is 24.0 Å². The summed E-state index contributed by atoms with van der Waals surface area (Å²) in [5.41, 5.74) is 2.33. The van der Waals surface area contributed by atoms with Crippen LogP contribution in [0, 0.1) is 6.92 Å². The minimum absolute atomic E-state index is 0. The van der Waals surface area contributed by atoms with E-state index in [1.807, 2.05) is 0 Å².